The Labute approximate surface area is 138 Å². The van der Waals surface area contributed by atoms with Gasteiger partial charge in [0.05, 0.1) is 25.7 Å². The SMILES string of the molecule is CCc1ccc(OCCCC(C#N)c2ccccc2OC)cc1. The molecule has 0 heterocycles. The van der Waals surface area contributed by atoms with Gasteiger partial charge in [0.2, 0.25) is 0 Å². The number of hydrogen-bond acceptors (Lipinski definition) is 3. The van der Waals surface area contributed by atoms with E-state index in [4.69, 9.17) is 9.47 Å². The van der Waals surface area contributed by atoms with E-state index in [0.29, 0.717) is 6.61 Å². The third-order valence-corrected chi connectivity index (χ3v) is 3.91. The van der Waals surface area contributed by atoms with Crippen LogP contribution in [0.5, 0.6) is 11.5 Å². The fourth-order valence-electron chi connectivity index (χ4n) is 2.54. The first-order valence-electron chi connectivity index (χ1n) is 8.02. The van der Waals surface area contributed by atoms with E-state index in [1.165, 1.54) is 5.56 Å². The van der Waals surface area contributed by atoms with Crippen LogP contribution in [0.1, 0.15) is 36.8 Å². The van der Waals surface area contributed by atoms with Crippen molar-refractivity contribution in [2.75, 3.05) is 13.7 Å². The topological polar surface area (TPSA) is 42.2 Å². The minimum atomic E-state index is -0.169. The van der Waals surface area contributed by atoms with Crippen molar-refractivity contribution in [3.8, 4) is 17.6 Å². The van der Waals surface area contributed by atoms with Crippen LogP contribution in [-0.2, 0) is 6.42 Å². The maximum Gasteiger partial charge on any atom is 0.123 e. The van der Waals surface area contributed by atoms with Gasteiger partial charge in [0.1, 0.15) is 11.5 Å². The number of ether oxygens (including phenoxy) is 2. The summed E-state index contributed by atoms with van der Waals surface area (Å²) in [4.78, 5) is 0. The molecule has 1 atom stereocenters. The molecule has 0 aliphatic rings. The predicted molar refractivity (Wildman–Crippen MR) is 91.9 cm³/mol. The molecule has 0 aromatic heterocycles. The molecule has 0 aliphatic heterocycles. The summed E-state index contributed by atoms with van der Waals surface area (Å²) < 4.78 is 11.1. The Kier molecular flexibility index (Phi) is 6.50. The normalized spacial score (nSPS) is 11.5. The zero-order valence-corrected chi connectivity index (χ0v) is 13.8. The van der Waals surface area contributed by atoms with Crippen LogP contribution in [0.2, 0.25) is 0 Å². The number of rotatable bonds is 8. The molecule has 0 fully saturated rings. The number of nitrogens with zero attached hydrogens (tertiary/aromatic N) is 1. The van der Waals surface area contributed by atoms with Crippen LogP contribution in [0.15, 0.2) is 48.5 Å². The summed E-state index contributed by atoms with van der Waals surface area (Å²) >= 11 is 0. The van der Waals surface area contributed by atoms with Gasteiger partial charge in [-0.05, 0) is 43.0 Å². The standard InChI is InChI=1S/C20H23NO2/c1-3-16-10-12-18(13-11-16)23-14-6-7-17(15-21)19-8-4-5-9-20(19)22-2/h4-5,8-13,17H,3,6-7,14H2,1-2H3. The Morgan fingerprint density at radius 2 is 1.83 bits per heavy atom. The fraction of sp³-hybridized carbons (Fsp3) is 0.350. The van der Waals surface area contributed by atoms with E-state index in [1.54, 1.807) is 7.11 Å². The monoisotopic (exact) mass is 309 g/mol. The summed E-state index contributed by atoms with van der Waals surface area (Å²) in [6, 6.07) is 18.2. The van der Waals surface area contributed by atoms with Gasteiger partial charge in [0.15, 0.2) is 0 Å². The van der Waals surface area contributed by atoms with Gasteiger partial charge < -0.3 is 9.47 Å². The summed E-state index contributed by atoms with van der Waals surface area (Å²) in [6.07, 6.45) is 2.61. The minimum Gasteiger partial charge on any atom is -0.496 e. The van der Waals surface area contributed by atoms with E-state index in [9.17, 15) is 5.26 Å². The van der Waals surface area contributed by atoms with Crippen molar-refractivity contribution in [1.29, 1.82) is 5.26 Å². The van der Waals surface area contributed by atoms with Crippen molar-refractivity contribution in [3.63, 3.8) is 0 Å². The van der Waals surface area contributed by atoms with Crippen molar-refractivity contribution >= 4 is 0 Å². The average molecular weight is 309 g/mol. The number of aryl methyl sites for hydroxylation is 1. The molecule has 0 spiro atoms. The van der Waals surface area contributed by atoms with Gasteiger partial charge in [0.25, 0.3) is 0 Å². The molecule has 3 heteroatoms. The first kappa shape index (κ1) is 16.9. The Bertz CT molecular complexity index is 643. The lowest BCUT2D eigenvalue weighted by atomic mass is 9.95. The number of methoxy groups -OCH3 is 1. The van der Waals surface area contributed by atoms with E-state index in [2.05, 4.69) is 25.1 Å². The summed E-state index contributed by atoms with van der Waals surface area (Å²) in [5, 5.41) is 9.43. The van der Waals surface area contributed by atoms with E-state index < -0.39 is 0 Å². The van der Waals surface area contributed by atoms with Gasteiger partial charge in [-0.25, -0.2) is 0 Å². The van der Waals surface area contributed by atoms with E-state index >= 15 is 0 Å². The third kappa shape index (κ3) is 4.75. The lowest BCUT2D eigenvalue weighted by Crippen LogP contribution is -2.03. The van der Waals surface area contributed by atoms with Crippen molar-refractivity contribution in [2.45, 2.75) is 32.1 Å². The molecule has 0 radical (unpaired) electrons. The molecule has 2 rings (SSSR count). The van der Waals surface area contributed by atoms with Crippen LogP contribution in [0.25, 0.3) is 0 Å². The highest BCUT2D eigenvalue weighted by molar-refractivity contribution is 5.38. The molecule has 0 N–H and O–H groups in total. The first-order valence-corrected chi connectivity index (χ1v) is 8.02. The quantitative estimate of drug-likeness (QED) is 0.662. The summed E-state index contributed by atoms with van der Waals surface area (Å²) in [7, 11) is 1.64. The molecule has 23 heavy (non-hydrogen) atoms. The number of para-hydroxylation sites is 1. The molecule has 2 aromatic carbocycles. The molecule has 3 nitrogen and oxygen atoms in total. The molecule has 0 amide bonds. The van der Waals surface area contributed by atoms with Crippen molar-refractivity contribution in [1.82, 2.24) is 0 Å². The van der Waals surface area contributed by atoms with Crippen molar-refractivity contribution in [2.24, 2.45) is 0 Å². The van der Waals surface area contributed by atoms with Gasteiger partial charge in [-0.3, -0.25) is 0 Å². The highest BCUT2D eigenvalue weighted by Crippen LogP contribution is 2.29. The summed E-state index contributed by atoms with van der Waals surface area (Å²) in [5.74, 6) is 1.49. The van der Waals surface area contributed by atoms with Crippen LogP contribution in [-0.4, -0.2) is 13.7 Å². The zero-order valence-electron chi connectivity index (χ0n) is 13.8. The lowest BCUT2D eigenvalue weighted by Gasteiger charge is -2.13. The Hall–Kier alpha value is -2.47. The zero-order chi connectivity index (χ0) is 16.5. The molecule has 2 aromatic rings. The Balaban J connectivity index is 1.85. The van der Waals surface area contributed by atoms with Crippen LogP contribution in [0.3, 0.4) is 0 Å². The summed E-state index contributed by atoms with van der Waals surface area (Å²) in [5.41, 5.74) is 2.25. The molecule has 0 saturated carbocycles. The van der Waals surface area contributed by atoms with Gasteiger partial charge in [-0.15, -0.1) is 0 Å². The van der Waals surface area contributed by atoms with Crippen molar-refractivity contribution < 1.29 is 9.47 Å². The first-order chi connectivity index (χ1) is 11.3. The molecule has 0 saturated heterocycles. The Morgan fingerprint density at radius 1 is 1.09 bits per heavy atom. The summed E-state index contributed by atoms with van der Waals surface area (Å²) in [6.45, 7) is 2.74. The smallest absolute Gasteiger partial charge is 0.123 e. The van der Waals surface area contributed by atoms with Crippen LogP contribution >= 0.6 is 0 Å². The second kappa shape index (κ2) is 8.85. The van der Waals surface area contributed by atoms with E-state index in [-0.39, 0.29) is 5.92 Å². The van der Waals surface area contributed by atoms with Gasteiger partial charge in [-0.1, -0.05) is 37.3 Å². The number of hydrogen-bond donors (Lipinski definition) is 0. The predicted octanol–water partition coefficient (Wildman–Crippen LogP) is 4.72. The van der Waals surface area contributed by atoms with Crippen LogP contribution < -0.4 is 9.47 Å². The van der Waals surface area contributed by atoms with E-state index in [1.807, 2.05) is 36.4 Å². The third-order valence-electron chi connectivity index (χ3n) is 3.91. The van der Waals surface area contributed by atoms with Gasteiger partial charge in [-0.2, -0.15) is 5.26 Å². The number of nitriles is 1. The second-order valence-electron chi connectivity index (χ2n) is 5.41. The minimum absolute atomic E-state index is 0.169. The maximum absolute atomic E-state index is 9.43. The van der Waals surface area contributed by atoms with E-state index in [0.717, 1.165) is 36.3 Å². The second-order valence-corrected chi connectivity index (χ2v) is 5.41. The van der Waals surface area contributed by atoms with Gasteiger partial charge >= 0.3 is 0 Å². The number of benzene rings is 2. The van der Waals surface area contributed by atoms with Crippen molar-refractivity contribution in [3.05, 3.63) is 59.7 Å². The highest BCUT2D eigenvalue weighted by atomic mass is 16.5. The molecule has 0 aliphatic carbocycles. The molecular formula is C20H23NO2. The Morgan fingerprint density at radius 3 is 2.48 bits per heavy atom. The highest BCUT2D eigenvalue weighted by Gasteiger charge is 2.14. The fourth-order valence-corrected chi connectivity index (χ4v) is 2.54. The largest absolute Gasteiger partial charge is 0.496 e. The van der Waals surface area contributed by atoms with Gasteiger partial charge in [0, 0.05) is 5.56 Å². The van der Waals surface area contributed by atoms with Crippen LogP contribution in [0.4, 0.5) is 0 Å². The molecule has 0 bridgehead atoms. The average Bonchev–Trinajstić information content (AvgIpc) is 2.62. The maximum atomic E-state index is 9.43. The molecular weight excluding hydrogens is 286 g/mol. The lowest BCUT2D eigenvalue weighted by molar-refractivity contribution is 0.304. The van der Waals surface area contributed by atoms with Crippen LogP contribution in [0, 0.1) is 11.3 Å². The molecule has 1 unspecified atom stereocenters. The molecule has 120 valence electrons.